The van der Waals surface area contributed by atoms with E-state index in [-0.39, 0.29) is 6.04 Å². The molecule has 0 bridgehead atoms. The second-order valence-corrected chi connectivity index (χ2v) is 7.60. The maximum atomic E-state index is 12.6. The average molecular weight is 297 g/mol. The highest BCUT2D eigenvalue weighted by Gasteiger charge is 2.30. The first kappa shape index (κ1) is 15.3. The van der Waals surface area contributed by atoms with Gasteiger partial charge in [0.25, 0.3) is 0 Å². The SMILES string of the molecule is CC1CCC(N(C)S(=O)(=O)c2ccc(NN)cc2)CC1. The van der Waals surface area contributed by atoms with E-state index in [1.807, 2.05) is 0 Å². The molecule has 20 heavy (non-hydrogen) atoms. The average Bonchev–Trinajstić information content (AvgIpc) is 2.47. The lowest BCUT2D eigenvalue weighted by atomic mass is 9.87. The predicted octanol–water partition coefficient (Wildman–Crippen LogP) is 2.17. The van der Waals surface area contributed by atoms with Crippen LogP contribution in [0.15, 0.2) is 29.2 Å². The minimum atomic E-state index is -3.42. The van der Waals surface area contributed by atoms with Gasteiger partial charge >= 0.3 is 0 Å². The highest BCUT2D eigenvalue weighted by Crippen LogP contribution is 2.29. The van der Waals surface area contributed by atoms with Gasteiger partial charge in [-0.3, -0.25) is 5.84 Å². The molecule has 1 aliphatic carbocycles. The van der Waals surface area contributed by atoms with Crippen molar-refractivity contribution in [1.82, 2.24) is 4.31 Å². The van der Waals surface area contributed by atoms with E-state index < -0.39 is 10.0 Å². The van der Waals surface area contributed by atoms with Gasteiger partial charge in [-0.05, 0) is 55.9 Å². The number of hydrogen-bond donors (Lipinski definition) is 2. The van der Waals surface area contributed by atoms with Crippen molar-refractivity contribution in [3.05, 3.63) is 24.3 Å². The zero-order valence-corrected chi connectivity index (χ0v) is 12.9. The summed E-state index contributed by atoms with van der Waals surface area (Å²) in [6.45, 7) is 2.23. The molecule has 1 fully saturated rings. The molecule has 0 unspecified atom stereocenters. The third kappa shape index (κ3) is 3.13. The lowest BCUT2D eigenvalue weighted by Gasteiger charge is -2.32. The van der Waals surface area contributed by atoms with Crippen LogP contribution in [0, 0.1) is 5.92 Å². The molecule has 0 spiro atoms. The highest BCUT2D eigenvalue weighted by molar-refractivity contribution is 7.89. The Bertz CT molecular complexity index is 534. The van der Waals surface area contributed by atoms with Gasteiger partial charge in [-0.25, -0.2) is 8.42 Å². The van der Waals surface area contributed by atoms with Crippen LogP contribution in [0.5, 0.6) is 0 Å². The van der Waals surface area contributed by atoms with Crippen LogP contribution in [-0.2, 0) is 10.0 Å². The minimum absolute atomic E-state index is 0.114. The summed E-state index contributed by atoms with van der Waals surface area (Å²) in [7, 11) is -1.73. The minimum Gasteiger partial charge on any atom is -0.324 e. The van der Waals surface area contributed by atoms with Crippen LogP contribution in [0.1, 0.15) is 32.6 Å². The molecule has 5 nitrogen and oxygen atoms in total. The standard InChI is InChI=1S/C14H23N3O2S/c1-11-3-7-13(8-4-11)17(2)20(18,19)14-9-5-12(16-15)6-10-14/h5-6,9-11,13,16H,3-4,7-8,15H2,1-2H3. The summed E-state index contributed by atoms with van der Waals surface area (Å²) >= 11 is 0. The third-order valence-electron chi connectivity index (χ3n) is 4.20. The van der Waals surface area contributed by atoms with Crippen molar-refractivity contribution in [1.29, 1.82) is 0 Å². The fraction of sp³-hybridized carbons (Fsp3) is 0.571. The van der Waals surface area contributed by atoms with Crippen molar-refractivity contribution < 1.29 is 8.42 Å². The van der Waals surface area contributed by atoms with Crippen LogP contribution >= 0.6 is 0 Å². The van der Waals surface area contributed by atoms with Crippen LogP contribution in [0.2, 0.25) is 0 Å². The van der Waals surface area contributed by atoms with Crippen LogP contribution in [0.25, 0.3) is 0 Å². The zero-order valence-electron chi connectivity index (χ0n) is 12.0. The van der Waals surface area contributed by atoms with E-state index in [1.165, 1.54) is 4.31 Å². The van der Waals surface area contributed by atoms with Crippen molar-refractivity contribution in [2.75, 3.05) is 12.5 Å². The van der Waals surface area contributed by atoms with Gasteiger partial charge in [0.1, 0.15) is 0 Å². The molecule has 0 radical (unpaired) electrons. The Morgan fingerprint density at radius 2 is 1.70 bits per heavy atom. The van der Waals surface area contributed by atoms with E-state index >= 15 is 0 Å². The molecule has 0 saturated heterocycles. The van der Waals surface area contributed by atoms with Crippen molar-refractivity contribution in [2.24, 2.45) is 11.8 Å². The molecule has 1 aromatic carbocycles. The van der Waals surface area contributed by atoms with Crippen LogP contribution in [0.4, 0.5) is 5.69 Å². The second kappa shape index (κ2) is 6.11. The molecule has 3 N–H and O–H groups in total. The third-order valence-corrected chi connectivity index (χ3v) is 6.12. The van der Waals surface area contributed by atoms with Gasteiger partial charge < -0.3 is 5.43 Å². The van der Waals surface area contributed by atoms with Gasteiger partial charge in [0.2, 0.25) is 10.0 Å². The van der Waals surface area contributed by atoms with E-state index in [0.717, 1.165) is 25.7 Å². The fourth-order valence-electron chi connectivity index (χ4n) is 2.69. The van der Waals surface area contributed by atoms with Gasteiger partial charge in [0, 0.05) is 18.8 Å². The Balaban J connectivity index is 2.16. The lowest BCUT2D eigenvalue weighted by Crippen LogP contribution is -2.39. The van der Waals surface area contributed by atoms with E-state index in [0.29, 0.717) is 16.5 Å². The molecule has 6 heteroatoms. The van der Waals surface area contributed by atoms with Gasteiger partial charge in [0.15, 0.2) is 0 Å². The van der Waals surface area contributed by atoms with Gasteiger partial charge in [-0.2, -0.15) is 4.31 Å². The largest absolute Gasteiger partial charge is 0.324 e. The summed E-state index contributed by atoms with van der Waals surface area (Å²) < 4.78 is 26.7. The van der Waals surface area contributed by atoms with Crippen LogP contribution in [-0.4, -0.2) is 25.8 Å². The molecular weight excluding hydrogens is 274 g/mol. The molecule has 0 aliphatic heterocycles. The number of hydrazine groups is 1. The van der Waals surface area contributed by atoms with Gasteiger partial charge in [-0.1, -0.05) is 6.92 Å². The quantitative estimate of drug-likeness (QED) is 0.660. The van der Waals surface area contributed by atoms with E-state index in [4.69, 9.17) is 5.84 Å². The Hall–Kier alpha value is -1.11. The van der Waals surface area contributed by atoms with E-state index in [1.54, 1.807) is 31.3 Å². The van der Waals surface area contributed by atoms with E-state index in [9.17, 15) is 8.42 Å². The maximum Gasteiger partial charge on any atom is 0.243 e. The fourth-order valence-corrected chi connectivity index (χ4v) is 4.11. The number of rotatable bonds is 4. The number of nitrogens with two attached hydrogens (primary N) is 1. The first-order valence-electron chi connectivity index (χ1n) is 7.00. The van der Waals surface area contributed by atoms with Gasteiger partial charge in [0.05, 0.1) is 4.90 Å². The number of nitrogens with one attached hydrogen (secondary N) is 1. The molecule has 0 amide bonds. The summed E-state index contributed by atoms with van der Waals surface area (Å²) in [5.41, 5.74) is 3.19. The zero-order chi connectivity index (χ0) is 14.8. The monoisotopic (exact) mass is 297 g/mol. The van der Waals surface area contributed by atoms with Crippen molar-refractivity contribution in [2.45, 2.75) is 43.5 Å². The number of benzene rings is 1. The summed E-state index contributed by atoms with van der Waals surface area (Å²) in [6.07, 6.45) is 4.08. The summed E-state index contributed by atoms with van der Waals surface area (Å²) in [4.78, 5) is 0.317. The van der Waals surface area contributed by atoms with Crippen molar-refractivity contribution in [3.8, 4) is 0 Å². The number of nitrogens with zero attached hydrogens (tertiary/aromatic N) is 1. The van der Waals surface area contributed by atoms with Crippen LogP contribution < -0.4 is 11.3 Å². The van der Waals surface area contributed by atoms with E-state index in [2.05, 4.69) is 12.3 Å². The summed E-state index contributed by atoms with van der Waals surface area (Å²) in [5, 5.41) is 0. The Morgan fingerprint density at radius 1 is 1.15 bits per heavy atom. The first-order valence-corrected chi connectivity index (χ1v) is 8.44. The number of nitrogen functional groups attached to an aromatic ring is 1. The molecule has 0 atom stereocenters. The molecule has 1 aromatic rings. The number of hydrogen-bond acceptors (Lipinski definition) is 4. The molecule has 1 aliphatic rings. The summed E-state index contributed by atoms with van der Waals surface area (Å²) in [5.74, 6) is 5.99. The molecular formula is C14H23N3O2S. The first-order chi connectivity index (χ1) is 9.45. The molecule has 112 valence electrons. The van der Waals surface area contributed by atoms with Crippen molar-refractivity contribution >= 4 is 15.7 Å². The van der Waals surface area contributed by atoms with Crippen LogP contribution in [0.3, 0.4) is 0 Å². The maximum absolute atomic E-state index is 12.6. The molecule has 1 saturated carbocycles. The topological polar surface area (TPSA) is 75.4 Å². The smallest absolute Gasteiger partial charge is 0.243 e. The molecule has 0 heterocycles. The second-order valence-electron chi connectivity index (χ2n) is 5.60. The molecule has 0 aromatic heterocycles. The lowest BCUT2D eigenvalue weighted by molar-refractivity contribution is 0.246. The Kier molecular flexibility index (Phi) is 4.67. The van der Waals surface area contributed by atoms with Gasteiger partial charge in [-0.15, -0.1) is 0 Å². The Labute approximate surface area is 121 Å². The Morgan fingerprint density at radius 3 is 2.20 bits per heavy atom. The van der Waals surface area contributed by atoms with Crippen molar-refractivity contribution in [3.63, 3.8) is 0 Å². The predicted molar refractivity (Wildman–Crippen MR) is 80.6 cm³/mol. The number of sulfonamides is 1. The summed E-state index contributed by atoms with van der Waals surface area (Å²) in [6, 6.07) is 6.63. The normalized spacial score (nSPS) is 23.8. The molecule has 2 rings (SSSR count). The number of anilines is 1. The highest BCUT2D eigenvalue weighted by atomic mass is 32.2.